The van der Waals surface area contributed by atoms with Crippen LogP contribution in [0.4, 0.5) is 15.3 Å². The molecule has 0 aromatic heterocycles. The number of nitrogens with one attached hydrogen (secondary N) is 1. The Hall–Kier alpha value is -1.74. The molecule has 1 aromatic carbocycles. The molecule has 35 heavy (non-hydrogen) atoms. The second-order valence-electron chi connectivity index (χ2n) is 10.2. The summed E-state index contributed by atoms with van der Waals surface area (Å²) >= 11 is 12.0. The van der Waals surface area contributed by atoms with Gasteiger partial charge in [-0.25, -0.2) is 9.59 Å². The SMILES string of the molecule is O=C(O)N1CCC(CCN2CCC[C@@H](CN3CCN(C(=O)Nc4ccc(Cl)c(Cl)c4)CC3)C2)CC1. The van der Waals surface area contributed by atoms with Gasteiger partial charge in [0.25, 0.3) is 0 Å². The van der Waals surface area contributed by atoms with Gasteiger partial charge in [0, 0.05) is 58.0 Å². The quantitative estimate of drug-likeness (QED) is 0.565. The standard InChI is InChI=1S/C25H37Cl2N5O3/c26-22-4-3-21(16-23(22)27)28-24(33)31-14-12-30(13-15-31)18-20-2-1-8-29(17-20)9-5-19-6-10-32(11-7-19)25(34)35/h3-4,16,19-20H,1-2,5-15,17-18H2,(H,28,33)(H,34,35)/t20-/m1/s1. The van der Waals surface area contributed by atoms with E-state index in [-0.39, 0.29) is 6.03 Å². The van der Waals surface area contributed by atoms with E-state index in [0.29, 0.717) is 40.7 Å². The zero-order chi connectivity index (χ0) is 24.8. The summed E-state index contributed by atoms with van der Waals surface area (Å²) in [6.07, 6.45) is 4.89. The molecular formula is C25H37Cl2N5O3. The topological polar surface area (TPSA) is 79.4 Å². The number of piperazine rings is 1. The maximum atomic E-state index is 12.6. The van der Waals surface area contributed by atoms with Gasteiger partial charge in [0.15, 0.2) is 0 Å². The highest BCUT2D eigenvalue weighted by molar-refractivity contribution is 6.42. The van der Waals surface area contributed by atoms with E-state index >= 15 is 0 Å². The van der Waals surface area contributed by atoms with E-state index in [9.17, 15) is 9.59 Å². The van der Waals surface area contributed by atoms with E-state index in [0.717, 1.165) is 58.7 Å². The van der Waals surface area contributed by atoms with E-state index < -0.39 is 6.09 Å². The molecule has 0 saturated carbocycles. The number of likely N-dealkylation sites (tertiary alicyclic amines) is 2. The lowest BCUT2D eigenvalue weighted by molar-refractivity contribution is 0.0932. The van der Waals surface area contributed by atoms with Crippen molar-refractivity contribution in [1.82, 2.24) is 19.6 Å². The minimum Gasteiger partial charge on any atom is -0.465 e. The summed E-state index contributed by atoms with van der Waals surface area (Å²) in [5.41, 5.74) is 0.654. The van der Waals surface area contributed by atoms with Crippen molar-refractivity contribution < 1.29 is 14.7 Å². The molecule has 0 radical (unpaired) electrons. The molecule has 194 valence electrons. The highest BCUT2D eigenvalue weighted by Gasteiger charge is 2.27. The van der Waals surface area contributed by atoms with Gasteiger partial charge in [-0.1, -0.05) is 23.2 Å². The average Bonchev–Trinajstić information content (AvgIpc) is 2.86. The van der Waals surface area contributed by atoms with E-state index in [2.05, 4.69) is 15.1 Å². The Bertz CT molecular complexity index is 873. The maximum absolute atomic E-state index is 12.6. The van der Waals surface area contributed by atoms with Crippen LogP contribution in [0.15, 0.2) is 18.2 Å². The largest absolute Gasteiger partial charge is 0.465 e. The molecule has 1 atom stereocenters. The van der Waals surface area contributed by atoms with Crippen molar-refractivity contribution in [2.24, 2.45) is 11.8 Å². The molecule has 3 amide bonds. The lowest BCUT2D eigenvalue weighted by Crippen LogP contribution is -2.52. The Kier molecular flexibility index (Phi) is 9.39. The maximum Gasteiger partial charge on any atom is 0.407 e. The van der Waals surface area contributed by atoms with Crippen LogP contribution in [-0.2, 0) is 0 Å². The number of carbonyl (C=O) groups is 2. The zero-order valence-electron chi connectivity index (χ0n) is 20.3. The minimum atomic E-state index is -0.782. The molecule has 2 N–H and O–H groups in total. The summed E-state index contributed by atoms with van der Waals surface area (Å²) in [7, 11) is 0. The highest BCUT2D eigenvalue weighted by Crippen LogP contribution is 2.26. The van der Waals surface area contributed by atoms with Crippen LogP contribution in [0.3, 0.4) is 0 Å². The normalized spacial score (nSPS) is 22.9. The number of amides is 3. The van der Waals surface area contributed by atoms with E-state index in [1.807, 2.05) is 4.90 Å². The molecule has 3 fully saturated rings. The van der Waals surface area contributed by atoms with Crippen LogP contribution < -0.4 is 5.32 Å². The Morgan fingerprint density at radius 3 is 2.31 bits per heavy atom. The van der Waals surface area contributed by atoms with Gasteiger partial charge in [0.2, 0.25) is 0 Å². The van der Waals surface area contributed by atoms with Crippen LogP contribution in [0.5, 0.6) is 0 Å². The number of halogens is 2. The first-order valence-corrected chi connectivity index (χ1v) is 13.6. The lowest BCUT2D eigenvalue weighted by atomic mass is 9.92. The van der Waals surface area contributed by atoms with Gasteiger partial charge in [0.05, 0.1) is 10.0 Å². The van der Waals surface area contributed by atoms with Gasteiger partial charge in [-0.2, -0.15) is 0 Å². The monoisotopic (exact) mass is 525 g/mol. The van der Waals surface area contributed by atoms with Gasteiger partial charge < -0.3 is 25.1 Å². The smallest absolute Gasteiger partial charge is 0.407 e. The van der Waals surface area contributed by atoms with Crippen LogP contribution in [0.2, 0.25) is 10.0 Å². The van der Waals surface area contributed by atoms with Crippen molar-refractivity contribution in [1.29, 1.82) is 0 Å². The first-order valence-electron chi connectivity index (χ1n) is 12.8. The van der Waals surface area contributed by atoms with Gasteiger partial charge in [0.1, 0.15) is 0 Å². The fraction of sp³-hybridized carbons (Fsp3) is 0.680. The summed E-state index contributed by atoms with van der Waals surface area (Å²) in [5.74, 6) is 1.32. The van der Waals surface area contributed by atoms with Crippen molar-refractivity contribution in [3.05, 3.63) is 28.2 Å². The molecule has 3 aliphatic rings. The number of hydrogen-bond acceptors (Lipinski definition) is 4. The van der Waals surface area contributed by atoms with Gasteiger partial charge >= 0.3 is 12.1 Å². The average molecular weight is 527 g/mol. The van der Waals surface area contributed by atoms with Crippen molar-refractivity contribution >= 4 is 41.0 Å². The number of carbonyl (C=O) groups excluding carboxylic acids is 1. The summed E-state index contributed by atoms with van der Waals surface area (Å²) < 4.78 is 0. The van der Waals surface area contributed by atoms with Crippen LogP contribution in [0.25, 0.3) is 0 Å². The van der Waals surface area contributed by atoms with Crippen molar-refractivity contribution in [2.45, 2.75) is 32.1 Å². The molecule has 3 heterocycles. The predicted molar refractivity (Wildman–Crippen MR) is 140 cm³/mol. The summed E-state index contributed by atoms with van der Waals surface area (Å²) in [4.78, 5) is 32.3. The Morgan fingerprint density at radius 2 is 1.63 bits per heavy atom. The molecule has 10 heteroatoms. The van der Waals surface area contributed by atoms with Crippen molar-refractivity contribution in [2.75, 3.05) is 70.8 Å². The third-order valence-electron chi connectivity index (χ3n) is 7.69. The second kappa shape index (κ2) is 12.5. The van der Waals surface area contributed by atoms with Crippen molar-refractivity contribution in [3.8, 4) is 0 Å². The summed E-state index contributed by atoms with van der Waals surface area (Å²) in [5, 5.41) is 12.9. The molecule has 1 aromatic rings. The van der Waals surface area contributed by atoms with Crippen LogP contribution in [0.1, 0.15) is 32.1 Å². The molecule has 0 aliphatic carbocycles. The Labute approximate surface area is 218 Å². The number of nitrogens with zero attached hydrogens (tertiary/aromatic N) is 4. The van der Waals surface area contributed by atoms with Gasteiger partial charge in [-0.15, -0.1) is 0 Å². The Balaban J connectivity index is 1.14. The second-order valence-corrected chi connectivity index (χ2v) is 11.0. The number of anilines is 1. The lowest BCUT2D eigenvalue weighted by Gasteiger charge is -2.39. The highest BCUT2D eigenvalue weighted by atomic mass is 35.5. The molecule has 8 nitrogen and oxygen atoms in total. The first-order chi connectivity index (χ1) is 16.9. The number of rotatable bonds is 6. The number of benzene rings is 1. The fourth-order valence-corrected chi connectivity index (χ4v) is 5.85. The van der Waals surface area contributed by atoms with E-state index in [4.69, 9.17) is 28.3 Å². The number of urea groups is 1. The predicted octanol–water partition coefficient (Wildman–Crippen LogP) is 4.64. The number of carboxylic acid groups (broad SMARTS) is 1. The fourth-order valence-electron chi connectivity index (χ4n) is 5.56. The van der Waals surface area contributed by atoms with Gasteiger partial charge in [-0.05, 0) is 75.2 Å². The zero-order valence-corrected chi connectivity index (χ0v) is 21.8. The molecule has 3 saturated heterocycles. The molecule has 0 spiro atoms. The van der Waals surface area contributed by atoms with Crippen LogP contribution >= 0.6 is 23.2 Å². The molecule has 0 unspecified atom stereocenters. The third kappa shape index (κ3) is 7.62. The molecular weight excluding hydrogens is 489 g/mol. The molecule has 0 bridgehead atoms. The summed E-state index contributed by atoms with van der Waals surface area (Å²) in [6.45, 7) is 9.13. The van der Waals surface area contributed by atoms with E-state index in [1.165, 1.54) is 25.8 Å². The molecule has 4 rings (SSSR count). The summed E-state index contributed by atoms with van der Waals surface area (Å²) in [6, 6.07) is 5.02. The third-order valence-corrected chi connectivity index (χ3v) is 8.43. The number of hydrogen-bond donors (Lipinski definition) is 2. The van der Waals surface area contributed by atoms with E-state index in [1.54, 1.807) is 23.1 Å². The minimum absolute atomic E-state index is 0.0962. The van der Waals surface area contributed by atoms with Crippen molar-refractivity contribution in [3.63, 3.8) is 0 Å². The van der Waals surface area contributed by atoms with Crippen LogP contribution in [-0.4, -0.2) is 102 Å². The number of piperidine rings is 2. The van der Waals surface area contributed by atoms with Crippen LogP contribution in [0, 0.1) is 11.8 Å². The molecule has 3 aliphatic heterocycles. The van der Waals surface area contributed by atoms with Gasteiger partial charge in [-0.3, -0.25) is 4.90 Å². The Morgan fingerprint density at radius 1 is 0.886 bits per heavy atom. The first kappa shape index (κ1) is 26.3.